The summed E-state index contributed by atoms with van der Waals surface area (Å²) in [5.41, 5.74) is -0.637. The van der Waals surface area contributed by atoms with Gasteiger partial charge in [0.2, 0.25) is 0 Å². The van der Waals surface area contributed by atoms with Crippen molar-refractivity contribution < 1.29 is 19.1 Å². The lowest BCUT2D eigenvalue weighted by atomic mass is 9.95. The molecule has 9 heteroatoms. The molecule has 1 unspecified atom stereocenters. The molecule has 0 saturated carbocycles. The van der Waals surface area contributed by atoms with Crippen LogP contribution < -0.4 is 5.56 Å². The van der Waals surface area contributed by atoms with E-state index >= 15 is 0 Å². The Balaban J connectivity index is 1.81. The topological polar surface area (TPSA) is 82.9 Å². The van der Waals surface area contributed by atoms with Crippen LogP contribution in [0.1, 0.15) is 52.2 Å². The number of fused-ring (bicyclic) bond motifs is 3. The summed E-state index contributed by atoms with van der Waals surface area (Å²) in [5, 5.41) is 10.6. The van der Waals surface area contributed by atoms with Crippen molar-refractivity contribution in [1.29, 1.82) is 0 Å². The molecule has 30 heavy (non-hydrogen) atoms. The number of aromatic hydroxyl groups is 1. The Hall–Kier alpha value is -2.87. The lowest BCUT2D eigenvalue weighted by molar-refractivity contribution is 0.0532. The Bertz CT molecular complexity index is 1160. The molecule has 158 valence electrons. The third-order valence-electron chi connectivity index (χ3n) is 6.33. The highest BCUT2D eigenvalue weighted by molar-refractivity contribution is 6.30. The molecule has 1 atom stereocenters. The van der Waals surface area contributed by atoms with Crippen molar-refractivity contribution in [3.8, 4) is 5.75 Å². The first-order chi connectivity index (χ1) is 14.1. The van der Waals surface area contributed by atoms with Crippen LogP contribution in [-0.2, 0) is 18.6 Å². The molecule has 3 heterocycles. The average molecular weight is 434 g/mol. The first kappa shape index (κ1) is 20.4. The van der Waals surface area contributed by atoms with Crippen molar-refractivity contribution >= 4 is 23.4 Å². The van der Waals surface area contributed by atoms with Crippen LogP contribution in [0.4, 0.5) is 4.39 Å². The third kappa shape index (κ3) is 2.66. The zero-order valence-corrected chi connectivity index (χ0v) is 17.6. The lowest BCUT2D eigenvalue weighted by Gasteiger charge is -2.33. The van der Waals surface area contributed by atoms with E-state index in [4.69, 9.17) is 11.6 Å². The van der Waals surface area contributed by atoms with Crippen LogP contribution in [0.25, 0.3) is 0 Å². The Morgan fingerprint density at radius 1 is 1.23 bits per heavy atom. The highest BCUT2D eigenvalue weighted by atomic mass is 35.5. The highest BCUT2D eigenvalue weighted by Gasteiger charge is 2.48. The van der Waals surface area contributed by atoms with E-state index in [-0.39, 0.29) is 35.3 Å². The van der Waals surface area contributed by atoms with Crippen molar-refractivity contribution in [2.24, 2.45) is 0 Å². The summed E-state index contributed by atoms with van der Waals surface area (Å²) in [4.78, 5) is 42.0. The van der Waals surface area contributed by atoms with E-state index in [9.17, 15) is 23.9 Å². The largest absolute Gasteiger partial charge is 0.502 e. The molecule has 0 saturated heterocycles. The van der Waals surface area contributed by atoms with Crippen LogP contribution >= 0.6 is 11.6 Å². The predicted octanol–water partition coefficient (Wildman–Crippen LogP) is 2.71. The fraction of sp³-hybridized carbons (Fsp3) is 0.381. The number of carbonyl (C=O) groups is 2. The van der Waals surface area contributed by atoms with Gasteiger partial charge in [-0.05, 0) is 37.5 Å². The normalized spacial score (nSPS) is 20.6. The van der Waals surface area contributed by atoms with Crippen molar-refractivity contribution in [3.05, 3.63) is 61.8 Å². The molecule has 1 aromatic heterocycles. The number of benzene rings is 1. The van der Waals surface area contributed by atoms with Gasteiger partial charge < -0.3 is 14.9 Å². The second-order valence-corrected chi connectivity index (χ2v) is 8.26. The molecule has 7 nitrogen and oxygen atoms in total. The maximum atomic E-state index is 13.4. The standard InChI is InChI=1S/C21H21ClFN3O4/c1-4-21(2)24(3)19(29)16-12-7-8-25(10-11-5-6-14(23)13(22)9-11)18(28)15(12)17(27)20(30)26(16)21/h5-6,9,27H,4,7-8,10H2,1-3H3. The van der Waals surface area contributed by atoms with E-state index in [2.05, 4.69) is 0 Å². The van der Waals surface area contributed by atoms with Crippen molar-refractivity contribution in [1.82, 2.24) is 14.4 Å². The third-order valence-corrected chi connectivity index (χ3v) is 6.61. The highest BCUT2D eigenvalue weighted by Crippen LogP contribution is 2.38. The van der Waals surface area contributed by atoms with Gasteiger partial charge in [-0.2, -0.15) is 0 Å². The van der Waals surface area contributed by atoms with Crippen LogP contribution in [0.15, 0.2) is 23.0 Å². The molecule has 0 fully saturated rings. The summed E-state index contributed by atoms with van der Waals surface area (Å²) >= 11 is 5.82. The molecular weight excluding hydrogens is 413 g/mol. The summed E-state index contributed by atoms with van der Waals surface area (Å²) in [6.07, 6.45) is 0.768. The van der Waals surface area contributed by atoms with Crippen molar-refractivity contribution in [3.63, 3.8) is 0 Å². The fourth-order valence-corrected chi connectivity index (χ4v) is 4.51. The van der Waals surface area contributed by atoms with E-state index in [0.29, 0.717) is 24.0 Å². The molecule has 0 spiro atoms. The molecule has 0 bridgehead atoms. The van der Waals surface area contributed by atoms with Gasteiger partial charge in [0.1, 0.15) is 17.2 Å². The van der Waals surface area contributed by atoms with E-state index in [1.165, 1.54) is 32.6 Å². The minimum atomic E-state index is -0.916. The number of hydrogen-bond donors (Lipinski definition) is 1. The second kappa shape index (κ2) is 6.84. The average Bonchev–Trinajstić information content (AvgIpc) is 2.92. The molecule has 2 aromatic rings. The number of halogens is 2. The summed E-state index contributed by atoms with van der Waals surface area (Å²) in [7, 11) is 1.61. The van der Waals surface area contributed by atoms with Gasteiger partial charge in [-0.1, -0.05) is 24.6 Å². The van der Waals surface area contributed by atoms with E-state index < -0.39 is 28.7 Å². The molecule has 4 rings (SSSR count). The fourth-order valence-electron chi connectivity index (χ4n) is 4.31. The molecule has 0 radical (unpaired) electrons. The number of hydrogen-bond acceptors (Lipinski definition) is 4. The molecule has 2 aliphatic heterocycles. The number of nitrogens with zero attached hydrogens (tertiary/aromatic N) is 3. The monoisotopic (exact) mass is 433 g/mol. The smallest absolute Gasteiger partial charge is 0.296 e. The van der Waals surface area contributed by atoms with Gasteiger partial charge >= 0.3 is 0 Å². The number of carbonyl (C=O) groups excluding carboxylic acids is 2. The van der Waals surface area contributed by atoms with Gasteiger partial charge in [0, 0.05) is 25.7 Å². The molecule has 2 amide bonds. The number of amides is 2. The maximum Gasteiger partial charge on any atom is 0.296 e. The molecule has 1 N–H and O–H groups in total. The van der Waals surface area contributed by atoms with Crippen LogP contribution in [0.5, 0.6) is 5.75 Å². The van der Waals surface area contributed by atoms with E-state index in [1.807, 2.05) is 6.92 Å². The Kier molecular flexibility index (Phi) is 4.65. The quantitative estimate of drug-likeness (QED) is 0.806. The maximum absolute atomic E-state index is 13.4. The lowest BCUT2D eigenvalue weighted by Crippen LogP contribution is -2.46. The van der Waals surface area contributed by atoms with E-state index in [0.717, 1.165) is 0 Å². The summed E-state index contributed by atoms with van der Waals surface area (Å²) in [6, 6.07) is 4.17. The second-order valence-electron chi connectivity index (χ2n) is 7.85. The van der Waals surface area contributed by atoms with Gasteiger partial charge in [0.25, 0.3) is 17.4 Å². The van der Waals surface area contributed by atoms with Crippen LogP contribution in [-0.4, -0.2) is 44.9 Å². The van der Waals surface area contributed by atoms with Crippen LogP contribution in [0.2, 0.25) is 5.02 Å². The Morgan fingerprint density at radius 2 is 1.93 bits per heavy atom. The van der Waals surface area contributed by atoms with Crippen molar-refractivity contribution in [2.75, 3.05) is 13.6 Å². The zero-order chi connectivity index (χ0) is 22.0. The number of rotatable bonds is 3. The summed E-state index contributed by atoms with van der Waals surface area (Å²) in [6.45, 7) is 4.02. The summed E-state index contributed by atoms with van der Waals surface area (Å²) < 4.78 is 14.7. The van der Waals surface area contributed by atoms with Gasteiger partial charge in [0.15, 0.2) is 5.75 Å². The molecule has 2 aliphatic rings. The van der Waals surface area contributed by atoms with Crippen LogP contribution in [0, 0.1) is 5.82 Å². The van der Waals surface area contributed by atoms with Gasteiger partial charge in [-0.3, -0.25) is 19.0 Å². The minimum absolute atomic E-state index is 0.0521. The number of pyridine rings is 1. The van der Waals surface area contributed by atoms with E-state index in [1.54, 1.807) is 14.0 Å². The first-order valence-electron chi connectivity index (χ1n) is 9.64. The predicted molar refractivity (Wildman–Crippen MR) is 108 cm³/mol. The van der Waals surface area contributed by atoms with Gasteiger partial charge in [0.05, 0.1) is 10.6 Å². The SMILES string of the molecule is CCC1(C)N(C)C(=O)c2c3c(c(O)c(=O)n21)C(=O)N(Cc1ccc(F)c(Cl)c1)CC3. The van der Waals surface area contributed by atoms with Gasteiger partial charge in [-0.15, -0.1) is 0 Å². The Morgan fingerprint density at radius 3 is 2.57 bits per heavy atom. The minimum Gasteiger partial charge on any atom is -0.502 e. The number of aromatic nitrogens is 1. The molecule has 0 aliphatic carbocycles. The Labute approximate surface area is 177 Å². The zero-order valence-electron chi connectivity index (χ0n) is 16.8. The van der Waals surface area contributed by atoms with Gasteiger partial charge in [-0.25, -0.2) is 4.39 Å². The summed E-state index contributed by atoms with van der Waals surface area (Å²) in [5.74, 6) is -2.10. The van der Waals surface area contributed by atoms with Crippen molar-refractivity contribution in [2.45, 2.75) is 38.9 Å². The van der Waals surface area contributed by atoms with Crippen LogP contribution in [0.3, 0.4) is 0 Å². The molecular formula is C21H21ClFN3O4. The molecule has 1 aromatic carbocycles. The first-order valence-corrected chi connectivity index (χ1v) is 10.0.